The van der Waals surface area contributed by atoms with Gasteiger partial charge in [0.15, 0.2) is 0 Å². The second-order valence-electron chi connectivity index (χ2n) is 5.80. The van der Waals surface area contributed by atoms with Crippen molar-refractivity contribution in [2.75, 3.05) is 0 Å². The standard InChI is InChI=1S/C21H16O3S/c22-25(23)19-14-8-7-13-18(19)20(21(25)17-11-5-2-6-12-17)24-15-16-9-3-1-4-10-16/h1-14H,15H2. The smallest absolute Gasteiger partial charge is 0.211 e. The molecule has 3 aromatic rings. The van der Waals surface area contributed by atoms with E-state index in [1.165, 1.54) is 0 Å². The summed E-state index contributed by atoms with van der Waals surface area (Å²) in [4.78, 5) is 0.544. The van der Waals surface area contributed by atoms with Crippen LogP contribution in [0, 0.1) is 0 Å². The average Bonchev–Trinajstić information content (AvgIpc) is 2.89. The summed E-state index contributed by atoms with van der Waals surface area (Å²) in [7, 11) is -3.60. The first kappa shape index (κ1) is 15.7. The summed E-state index contributed by atoms with van der Waals surface area (Å²) >= 11 is 0. The van der Waals surface area contributed by atoms with Gasteiger partial charge in [0.05, 0.1) is 4.90 Å². The van der Waals surface area contributed by atoms with Gasteiger partial charge in [-0.1, -0.05) is 72.8 Å². The van der Waals surface area contributed by atoms with E-state index >= 15 is 0 Å². The number of benzene rings is 3. The van der Waals surface area contributed by atoms with Crippen LogP contribution in [0.2, 0.25) is 0 Å². The molecule has 3 nitrogen and oxygen atoms in total. The highest BCUT2D eigenvalue weighted by molar-refractivity contribution is 8.01. The average molecular weight is 348 g/mol. The van der Waals surface area contributed by atoms with Gasteiger partial charge in [-0.3, -0.25) is 0 Å². The van der Waals surface area contributed by atoms with Gasteiger partial charge in [-0.15, -0.1) is 0 Å². The van der Waals surface area contributed by atoms with Crippen molar-refractivity contribution in [2.45, 2.75) is 11.5 Å². The highest BCUT2D eigenvalue weighted by Crippen LogP contribution is 2.44. The normalized spacial score (nSPS) is 15.0. The molecule has 0 saturated heterocycles. The summed E-state index contributed by atoms with van der Waals surface area (Å²) < 4.78 is 32.2. The topological polar surface area (TPSA) is 43.4 Å². The van der Waals surface area contributed by atoms with E-state index in [2.05, 4.69) is 0 Å². The van der Waals surface area contributed by atoms with E-state index in [4.69, 9.17) is 4.74 Å². The molecule has 0 aromatic heterocycles. The Balaban J connectivity index is 1.85. The predicted octanol–water partition coefficient (Wildman–Crippen LogP) is 4.52. The van der Waals surface area contributed by atoms with Crippen molar-refractivity contribution in [1.82, 2.24) is 0 Å². The number of sulfone groups is 1. The minimum Gasteiger partial charge on any atom is -0.487 e. The van der Waals surface area contributed by atoms with Crippen LogP contribution >= 0.6 is 0 Å². The predicted molar refractivity (Wildman–Crippen MR) is 98.1 cm³/mol. The zero-order chi connectivity index (χ0) is 17.3. The Kier molecular flexibility index (Phi) is 3.90. The Labute approximate surface area is 147 Å². The van der Waals surface area contributed by atoms with Crippen molar-refractivity contribution in [3.05, 3.63) is 102 Å². The maximum Gasteiger partial charge on any atom is 0.211 e. The van der Waals surface area contributed by atoms with E-state index < -0.39 is 9.84 Å². The third-order valence-electron chi connectivity index (χ3n) is 4.16. The third-order valence-corrected chi connectivity index (χ3v) is 6.05. The van der Waals surface area contributed by atoms with Gasteiger partial charge in [-0.2, -0.15) is 0 Å². The molecule has 0 unspecified atom stereocenters. The van der Waals surface area contributed by atoms with E-state index in [1.807, 2.05) is 54.6 Å². The maximum atomic E-state index is 13.1. The van der Waals surface area contributed by atoms with Crippen LogP contribution in [0.1, 0.15) is 16.7 Å². The molecule has 25 heavy (non-hydrogen) atoms. The molecule has 0 amide bonds. The Morgan fingerprint density at radius 3 is 2.04 bits per heavy atom. The van der Waals surface area contributed by atoms with Crippen molar-refractivity contribution in [3.8, 4) is 0 Å². The van der Waals surface area contributed by atoms with Crippen LogP contribution in [0.4, 0.5) is 0 Å². The van der Waals surface area contributed by atoms with Crippen LogP contribution in [0.15, 0.2) is 89.8 Å². The Bertz CT molecular complexity index is 1040. The molecule has 0 N–H and O–H groups in total. The van der Waals surface area contributed by atoms with Crippen LogP contribution in [0.5, 0.6) is 0 Å². The zero-order valence-electron chi connectivity index (χ0n) is 13.4. The summed E-state index contributed by atoms with van der Waals surface area (Å²) in [5.74, 6) is 0.422. The van der Waals surface area contributed by atoms with Crippen molar-refractivity contribution in [1.29, 1.82) is 0 Å². The SMILES string of the molecule is O=S1(=O)C(c2ccccc2)=C(OCc2ccccc2)c2ccccc21. The summed E-state index contributed by atoms with van der Waals surface area (Å²) in [5.41, 5.74) is 2.25. The fourth-order valence-electron chi connectivity index (χ4n) is 2.99. The Morgan fingerprint density at radius 1 is 0.720 bits per heavy atom. The molecule has 0 spiro atoms. The molecule has 0 atom stereocenters. The summed E-state index contributed by atoms with van der Waals surface area (Å²) in [5, 5.41) is 0. The van der Waals surface area contributed by atoms with Crippen LogP contribution in [0.25, 0.3) is 10.7 Å². The monoisotopic (exact) mass is 348 g/mol. The van der Waals surface area contributed by atoms with Gasteiger partial charge >= 0.3 is 0 Å². The molecular weight excluding hydrogens is 332 g/mol. The molecule has 4 rings (SSSR count). The van der Waals surface area contributed by atoms with Gasteiger partial charge < -0.3 is 4.74 Å². The molecule has 124 valence electrons. The Hall–Kier alpha value is -2.85. The van der Waals surface area contributed by atoms with E-state index in [0.29, 0.717) is 28.4 Å². The van der Waals surface area contributed by atoms with Crippen LogP contribution in [0.3, 0.4) is 0 Å². The third kappa shape index (κ3) is 2.75. The van der Waals surface area contributed by atoms with E-state index in [1.54, 1.807) is 30.3 Å². The molecular formula is C21H16O3S. The Morgan fingerprint density at radius 2 is 1.32 bits per heavy atom. The first-order valence-corrected chi connectivity index (χ1v) is 9.47. The van der Waals surface area contributed by atoms with Crippen molar-refractivity contribution in [2.24, 2.45) is 0 Å². The number of hydrogen-bond acceptors (Lipinski definition) is 3. The summed E-state index contributed by atoms with van der Waals surface area (Å²) in [6, 6.07) is 25.8. The van der Waals surface area contributed by atoms with Gasteiger partial charge in [0.1, 0.15) is 17.3 Å². The quantitative estimate of drug-likeness (QED) is 0.696. The fraction of sp³-hybridized carbons (Fsp3) is 0.0476. The van der Waals surface area contributed by atoms with Gasteiger partial charge in [-0.25, -0.2) is 8.42 Å². The first-order chi connectivity index (χ1) is 12.2. The van der Waals surface area contributed by atoms with Crippen LogP contribution < -0.4 is 0 Å². The lowest BCUT2D eigenvalue weighted by atomic mass is 10.1. The number of ether oxygens (including phenoxy) is 1. The summed E-state index contributed by atoms with van der Waals surface area (Å²) in [6.45, 7) is 0.316. The highest BCUT2D eigenvalue weighted by Gasteiger charge is 2.37. The van der Waals surface area contributed by atoms with Crippen LogP contribution in [-0.2, 0) is 21.2 Å². The molecule has 3 aromatic carbocycles. The van der Waals surface area contributed by atoms with E-state index in [9.17, 15) is 8.42 Å². The zero-order valence-corrected chi connectivity index (χ0v) is 14.2. The molecule has 0 bridgehead atoms. The first-order valence-electron chi connectivity index (χ1n) is 7.99. The molecule has 0 radical (unpaired) electrons. The second-order valence-corrected chi connectivity index (χ2v) is 7.65. The molecule has 1 heterocycles. The molecule has 1 aliphatic rings. The number of hydrogen-bond donors (Lipinski definition) is 0. The minimum atomic E-state index is -3.60. The van der Waals surface area contributed by atoms with E-state index in [-0.39, 0.29) is 4.91 Å². The van der Waals surface area contributed by atoms with Gasteiger partial charge in [0.2, 0.25) is 9.84 Å². The van der Waals surface area contributed by atoms with Crippen molar-refractivity contribution >= 4 is 20.5 Å². The number of rotatable bonds is 4. The van der Waals surface area contributed by atoms with Gasteiger partial charge in [0, 0.05) is 5.56 Å². The lowest BCUT2D eigenvalue weighted by Crippen LogP contribution is -2.00. The molecule has 4 heteroatoms. The number of fused-ring (bicyclic) bond motifs is 1. The second kappa shape index (κ2) is 6.22. The van der Waals surface area contributed by atoms with Crippen LogP contribution in [-0.4, -0.2) is 8.42 Å². The molecule has 0 saturated carbocycles. The lowest BCUT2D eigenvalue weighted by molar-refractivity contribution is 0.266. The maximum absolute atomic E-state index is 13.1. The van der Waals surface area contributed by atoms with Crippen molar-refractivity contribution in [3.63, 3.8) is 0 Å². The largest absolute Gasteiger partial charge is 0.487 e. The molecule has 0 fully saturated rings. The van der Waals surface area contributed by atoms with E-state index in [0.717, 1.165) is 5.56 Å². The van der Waals surface area contributed by atoms with Crippen molar-refractivity contribution < 1.29 is 13.2 Å². The lowest BCUT2D eigenvalue weighted by Gasteiger charge is -2.10. The molecule has 0 aliphatic carbocycles. The molecule has 1 aliphatic heterocycles. The summed E-state index contributed by atoms with van der Waals surface area (Å²) in [6.07, 6.45) is 0. The highest BCUT2D eigenvalue weighted by atomic mass is 32.2. The van der Waals surface area contributed by atoms with Gasteiger partial charge in [-0.05, 0) is 23.3 Å². The fourth-order valence-corrected chi connectivity index (χ4v) is 4.78. The van der Waals surface area contributed by atoms with Gasteiger partial charge in [0.25, 0.3) is 0 Å². The minimum absolute atomic E-state index is 0.241.